The Morgan fingerprint density at radius 1 is 1.12 bits per heavy atom. The number of carbonyl (C=O) groups excluding carboxylic acids is 1. The number of hydrogen-bond acceptors (Lipinski definition) is 3. The fourth-order valence-electron chi connectivity index (χ4n) is 7.37. The van der Waals surface area contributed by atoms with Crippen molar-refractivity contribution in [3.63, 3.8) is 0 Å². The Balaban J connectivity index is 1.59. The van der Waals surface area contributed by atoms with Crippen molar-refractivity contribution in [2.75, 3.05) is 0 Å². The number of fused-ring (bicyclic) bond motifs is 5. The molecule has 3 fully saturated rings. The Labute approximate surface area is 156 Å². The minimum Gasteiger partial charge on any atom is -0.481 e. The number of carboxylic acids is 1. The maximum atomic E-state index is 11.8. The van der Waals surface area contributed by atoms with E-state index in [0.717, 1.165) is 51.4 Å². The number of allylic oxidation sites excluding steroid dienone is 1. The molecule has 0 spiro atoms. The Bertz CT molecular complexity index is 653. The highest BCUT2D eigenvalue weighted by Gasteiger charge is 2.60. The van der Waals surface area contributed by atoms with Crippen LogP contribution in [0.1, 0.15) is 72.1 Å². The molecule has 144 valence electrons. The molecule has 0 aromatic carbocycles. The average Bonchev–Trinajstić information content (AvgIpc) is 2.92. The maximum absolute atomic E-state index is 11.8. The molecule has 4 aliphatic rings. The van der Waals surface area contributed by atoms with E-state index >= 15 is 0 Å². The van der Waals surface area contributed by atoms with Gasteiger partial charge in [0.1, 0.15) is 6.10 Å². The zero-order chi connectivity index (χ0) is 18.7. The van der Waals surface area contributed by atoms with Crippen molar-refractivity contribution in [3.05, 3.63) is 11.6 Å². The standard InChI is InChI=1S/C22H32O4/c1-13(23)26-15-8-10-21(2)14(12-15)4-5-16-17-6-7-19(20(24)25)22(17,3)11-9-18(16)21/h4,15-19H,5-12H2,1-3H3,(H,24,25)/t15-,16-,17+,18-,19+,21+,22+/m0/s1. The fraction of sp³-hybridized carbons (Fsp3) is 0.818. The fourth-order valence-corrected chi connectivity index (χ4v) is 7.37. The molecule has 4 nitrogen and oxygen atoms in total. The summed E-state index contributed by atoms with van der Waals surface area (Å²) >= 11 is 0. The number of hydrogen-bond donors (Lipinski definition) is 1. The first-order chi connectivity index (χ1) is 12.3. The first-order valence-electron chi connectivity index (χ1n) is 10.4. The minimum absolute atomic E-state index is 0.0242. The molecule has 0 saturated heterocycles. The topological polar surface area (TPSA) is 63.6 Å². The van der Waals surface area contributed by atoms with Crippen molar-refractivity contribution in [1.29, 1.82) is 0 Å². The van der Waals surface area contributed by atoms with Crippen LogP contribution in [0.25, 0.3) is 0 Å². The van der Waals surface area contributed by atoms with Crippen LogP contribution >= 0.6 is 0 Å². The van der Waals surface area contributed by atoms with Gasteiger partial charge in [0.25, 0.3) is 0 Å². The number of rotatable bonds is 2. The van der Waals surface area contributed by atoms with E-state index in [1.54, 1.807) is 0 Å². The highest BCUT2D eigenvalue weighted by molar-refractivity contribution is 5.71. The molecule has 4 aliphatic carbocycles. The molecule has 4 rings (SSSR count). The summed E-state index contributed by atoms with van der Waals surface area (Å²) in [7, 11) is 0. The summed E-state index contributed by atoms with van der Waals surface area (Å²) < 4.78 is 5.50. The molecule has 0 radical (unpaired) electrons. The maximum Gasteiger partial charge on any atom is 0.307 e. The number of carboxylic acid groups (broad SMARTS) is 1. The third-order valence-corrected chi connectivity index (χ3v) is 8.69. The molecule has 7 atom stereocenters. The molecule has 0 aromatic heterocycles. The van der Waals surface area contributed by atoms with Crippen LogP contribution in [0.2, 0.25) is 0 Å². The van der Waals surface area contributed by atoms with Crippen LogP contribution in [0.5, 0.6) is 0 Å². The lowest BCUT2D eigenvalue weighted by atomic mass is 9.47. The van der Waals surface area contributed by atoms with E-state index in [-0.39, 0.29) is 28.8 Å². The van der Waals surface area contributed by atoms with Crippen molar-refractivity contribution in [3.8, 4) is 0 Å². The van der Waals surface area contributed by atoms with Crippen LogP contribution in [0.4, 0.5) is 0 Å². The largest absolute Gasteiger partial charge is 0.481 e. The van der Waals surface area contributed by atoms with Gasteiger partial charge in [0.15, 0.2) is 0 Å². The summed E-state index contributed by atoms with van der Waals surface area (Å²) in [6, 6.07) is 0. The smallest absolute Gasteiger partial charge is 0.307 e. The van der Waals surface area contributed by atoms with Crippen LogP contribution in [-0.4, -0.2) is 23.1 Å². The van der Waals surface area contributed by atoms with Crippen LogP contribution in [-0.2, 0) is 14.3 Å². The molecule has 4 heteroatoms. The van der Waals surface area contributed by atoms with Gasteiger partial charge in [-0.1, -0.05) is 25.5 Å². The van der Waals surface area contributed by atoms with Crippen LogP contribution in [0, 0.1) is 34.5 Å². The molecule has 3 saturated carbocycles. The van der Waals surface area contributed by atoms with Crippen LogP contribution in [0.15, 0.2) is 11.6 Å². The van der Waals surface area contributed by atoms with Gasteiger partial charge in [-0.3, -0.25) is 9.59 Å². The molecule has 0 aromatic rings. The Kier molecular flexibility index (Phi) is 4.24. The highest BCUT2D eigenvalue weighted by atomic mass is 16.5. The van der Waals surface area contributed by atoms with Crippen molar-refractivity contribution in [2.45, 2.75) is 78.2 Å². The van der Waals surface area contributed by atoms with Gasteiger partial charge < -0.3 is 9.84 Å². The third-order valence-electron chi connectivity index (χ3n) is 8.69. The summed E-state index contributed by atoms with van der Waals surface area (Å²) in [6.07, 6.45) is 10.6. The minimum atomic E-state index is -0.589. The first-order valence-corrected chi connectivity index (χ1v) is 10.4. The van der Waals surface area contributed by atoms with Gasteiger partial charge in [0.2, 0.25) is 0 Å². The predicted molar refractivity (Wildman–Crippen MR) is 98.4 cm³/mol. The van der Waals surface area contributed by atoms with Crippen molar-refractivity contribution in [2.24, 2.45) is 34.5 Å². The Morgan fingerprint density at radius 2 is 1.88 bits per heavy atom. The molecule has 0 aliphatic heterocycles. The van der Waals surface area contributed by atoms with E-state index in [1.807, 2.05) is 0 Å². The molecule has 26 heavy (non-hydrogen) atoms. The van der Waals surface area contributed by atoms with Crippen LogP contribution in [0.3, 0.4) is 0 Å². The van der Waals surface area contributed by atoms with Gasteiger partial charge in [-0.05, 0) is 73.5 Å². The molecular formula is C22H32O4. The van der Waals surface area contributed by atoms with Crippen molar-refractivity contribution < 1.29 is 19.4 Å². The van der Waals surface area contributed by atoms with Gasteiger partial charge >= 0.3 is 11.9 Å². The Morgan fingerprint density at radius 3 is 2.58 bits per heavy atom. The number of esters is 1. The summed E-state index contributed by atoms with van der Waals surface area (Å²) in [6.45, 7) is 6.17. The van der Waals surface area contributed by atoms with Gasteiger partial charge in [0.05, 0.1) is 5.92 Å². The lowest BCUT2D eigenvalue weighted by Crippen LogP contribution is -2.51. The second-order valence-corrected chi connectivity index (χ2v) is 9.75. The Hall–Kier alpha value is -1.32. The lowest BCUT2D eigenvalue weighted by molar-refractivity contribution is -0.151. The average molecular weight is 360 g/mol. The van der Waals surface area contributed by atoms with E-state index in [1.165, 1.54) is 12.5 Å². The zero-order valence-corrected chi connectivity index (χ0v) is 16.3. The molecule has 1 N–H and O–H groups in total. The molecular weight excluding hydrogens is 328 g/mol. The van der Waals surface area contributed by atoms with E-state index in [0.29, 0.717) is 17.8 Å². The van der Waals surface area contributed by atoms with Crippen molar-refractivity contribution >= 4 is 11.9 Å². The SMILES string of the molecule is CC(=O)O[C@H]1CC[C@]2(C)C(=CC[C@H]3[C@H]4CC[C@H](C(=O)O)[C@]4(C)CC[C@@H]32)C1. The monoisotopic (exact) mass is 360 g/mol. The number of ether oxygens (including phenoxy) is 1. The quantitative estimate of drug-likeness (QED) is 0.578. The van der Waals surface area contributed by atoms with E-state index < -0.39 is 5.97 Å². The highest BCUT2D eigenvalue weighted by Crippen LogP contribution is 2.66. The molecule has 0 amide bonds. The van der Waals surface area contributed by atoms with E-state index in [2.05, 4.69) is 19.9 Å². The third kappa shape index (κ3) is 2.55. The first kappa shape index (κ1) is 18.1. The summed E-state index contributed by atoms with van der Waals surface area (Å²) in [4.78, 5) is 23.1. The summed E-state index contributed by atoms with van der Waals surface area (Å²) in [5.41, 5.74) is 1.68. The molecule has 0 heterocycles. The summed E-state index contributed by atoms with van der Waals surface area (Å²) in [5, 5.41) is 9.70. The van der Waals surface area contributed by atoms with Gasteiger partial charge in [-0.2, -0.15) is 0 Å². The predicted octanol–water partition coefficient (Wildman–Crippen LogP) is 4.58. The second kappa shape index (κ2) is 6.10. The zero-order valence-electron chi connectivity index (χ0n) is 16.3. The van der Waals surface area contributed by atoms with E-state index in [9.17, 15) is 14.7 Å². The van der Waals surface area contributed by atoms with Crippen LogP contribution < -0.4 is 0 Å². The normalized spacial score (nSPS) is 47.2. The molecule has 0 unspecified atom stereocenters. The lowest BCUT2D eigenvalue weighted by Gasteiger charge is -2.57. The molecule has 0 bridgehead atoms. The van der Waals surface area contributed by atoms with Gasteiger partial charge in [0, 0.05) is 13.3 Å². The number of aliphatic carboxylic acids is 1. The van der Waals surface area contributed by atoms with Gasteiger partial charge in [-0.15, -0.1) is 0 Å². The number of carbonyl (C=O) groups is 2. The second-order valence-electron chi connectivity index (χ2n) is 9.75. The van der Waals surface area contributed by atoms with Gasteiger partial charge in [-0.25, -0.2) is 0 Å². The van der Waals surface area contributed by atoms with Crippen molar-refractivity contribution in [1.82, 2.24) is 0 Å². The van der Waals surface area contributed by atoms with E-state index in [4.69, 9.17) is 4.74 Å². The summed E-state index contributed by atoms with van der Waals surface area (Å²) in [5.74, 6) is 0.901.